The maximum atomic E-state index is 13.5. The van der Waals surface area contributed by atoms with Gasteiger partial charge in [0.2, 0.25) is 5.82 Å². The minimum absolute atomic E-state index is 0.0532. The Morgan fingerprint density at radius 3 is 2.29 bits per heavy atom. The van der Waals surface area contributed by atoms with E-state index in [0.717, 1.165) is 16.3 Å². The maximum Gasteiger partial charge on any atom is 0.451 e. The van der Waals surface area contributed by atoms with Gasteiger partial charge in [-0.1, -0.05) is 42.1 Å². The molecule has 0 spiro atoms. The second-order valence-corrected chi connectivity index (χ2v) is 6.78. The lowest BCUT2D eigenvalue weighted by molar-refractivity contribution is -0.145. The highest BCUT2D eigenvalue weighted by Crippen LogP contribution is 2.34. The molecular weight excluding hydrogens is 399 g/mol. The molecule has 2 heterocycles. The number of imidazole rings is 1. The van der Waals surface area contributed by atoms with Gasteiger partial charge < -0.3 is 0 Å². The number of nitrogens with zero attached hydrogens (tertiary/aromatic N) is 4. The van der Waals surface area contributed by atoms with Crippen LogP contribution >= 0.6 is 11.8 Å². The normalized spacial score (nSPS) is 12.4. The van der Waals surface area contributed by atoms with E-state index < -0.39 is 18.6 Å². The Morgan fingerprint density at radius 2 is 1.57 bits per heavy atom. The lowest BCUT2D eigenvalue weighted by Crippen LogP contribution is -2.12. The number of hydrogen-bond donors (Lipinski definition) is 0. The van der Waals surface area contributed by atoms with E-state index in [1.807, 2.05) is 0 Å². The van der Waals surface area contributed by atoms with E-state index in [-0.39, 0.29) is 27.6 Å². The molecule has 0 aliphatic heterocycles. The Kier molecular flexibility index (Phi) is 4.66. The van der Waals surface area contributed by atoms with Gasteiger partial charge in [-0.25, -0.2) is 15.0 Å². The number of alkyl halides is 5. The van der Waals surface area contributed by atoms with Crippen LogP contribution in [0.15, 0.2) is 53.6 Å². The van der Waals surface area contributed by atoms with Crippen LogP contribution in [-0.2, 0) is 11.9 Å². The summed E-state index contributed by atoms with van der Waals surface area (Å²) in [6.07, 6.45) is -4.71. The van der Waals surface area contributed by atoms with Crippen molar-refractivity contribution in [3.8, 4) is 0 Å². The van der Waals surface area contributed by atoms with E-state index in [9.17, 15) is 22.0 Å². The molecule has 28 heavy (non-hydrogen) atoms. The Hall–Kier alpha value is -2.75. The van der Waals surface area contributed by atoms with Crippen molar-refractivity contribution >= 4 is 33.7 Å². The van der Waals surface area contributed by atoms with Gasteiger partial charge in [0.1, 0.15) is 10.9 Å². The third-order valence-corrected chi connectivity index (χ3v) is 5.01. The number of aromatic nitrogens is 4. The molecule has 0 radical (unpaired) electrons. The van der Waals surface area contributed by atoms with Crippen LogP contribution < -0.4 is 0 Å². The molecule has 0 saturated heterocycles. The number of rotatable bonds is 4. The molecular formula is C18H11F5N4S. The van der Waals surface area contributed by atoms with Crippen molar-refractivity contribution in [3.63, 3.8) is 0 Å². The summed E-state index contributed by atoms with van der Waals surface area (Å²) in [5.74, 6) is -1.29. The largest absolute Gasteiger partial charge is 0.451 e. The molecule has 2 aromatic carbocycles. The second kappa shape index (κ2) is 7.01. The molecule has 0 unspecified atom stereocenters. The summed E-state index contributed by atoms with van der Waals surface area (Å²) < 4.78 is 67.2. The number of para-hydroxylation sites is 3. The van der Waals surface area contributed by atoms with E-state index in [1.54, 1.807) is 36.4 Å². The summed E-state index contributed by atoms with van der Waals surface area (Å²) in [7, 11) is 0. The fraction of sp³-hybridized carbons (Fsp3) is 0.167. The zero-order valence-electron chi connectivity index (χ0n) is 14.0. The van der Waals surface area contributed by atoms with Crippen LogP contribution in [-0.4, -0.2) is 19.5 Å². The molecule has 0 atom stereocenters. The average Bonchev–Trinajstić information content (AvgIpc) is 3.03. The number of halogens is 5. The van der Waals surface area contributed by atoms with Gasteiger partial charge in [-0.05, 0) is 18.2 Å². The Bertz CT molecular complexity index is 1160. The van der Waals surface area contributed by atoms with Gasteiger partial charge in [-0.15, -0.1) is 0 Å². The van der Waals surface area contributed by atoms with Gasteiger partial charge in [0.25, 0.3) is 0 Å². The molecule has 10 heteroatoms. The number of fused-ring (bicyclic) bond motifs is 2. The molecule has 0 saturated carbocycles. The zero-order chi connectivity index (χ0) is 19.9. The van der Waals surface area contributed by atoms with E-state index in [2.05, 4.69) is 15.0 Å². The van der Waals surface area contributed by atoms with E-state index in [4.69, 9.17) is 0 Å². The lowest BCUT2D eigenvalue weighted by Gasteiger charge is -2.11. The van der Waals surface area contributed by atoms with Crippen molar-refractivity contribution in [3.05, 3.63) is 60.2 Å². The van der Waals surface area contributed by atoms with Gasteiger partial charge in [0, 0.05) is 5.39 Å². The summed E-state index contributed by atoms with van der Waals surface area (Å²) in [6, 6.07) is 12.7. The van der Waals surface area contributed by atoms with Gasteiger partial charge in [0.15, 0.2) is 0 Å². The van der Waals surface area contributed by atoms with Crippen molar-refractivity contribution < 1.29 is 22.0 Å². The Balaban J connectivity index is 1.75. The first-order valence-electron chi connectivity index (χ1n) is 8.05. The third-order valence-electron chi connectivity index (χ3n) is 4.02. The molecule has 0 amide bonds. The molecule has 0 aliphatic carbocycles. The van der Waals surface area contributed by atoms with Crippen molar-refractivity contribution in [2.45, 2.75) is 23.5 Å². The molecule has 4 aromatic rings. The molecule has 0 N–H and O–H groups in total. The highest BCUT2D eigenvalue weighted by atomic mass is 32.2. The standard InChI is InChI=1S/C18H11F5N4S/c19-17(20)27-13-8-4-3-7-12(13)24-14(27)9-28-15-10-5-1-2-6-11(10)25-16(26-15)18(21,22)23/h1-8,17H,9H2. The van der Waals surface area contributed by atoms with Crippen LogP contribution in [0.3, 0.4) is 0 Å². The summed E-state index contributed by atoms with van der Waals surface area (Å²) in [5, 5.41) is 0.478. The summed E-state index contributed by atoms with van der Waals surface area (Å²) in [4.78, 5) is 11.4. The molecule has 2 aromatic heterocycles. The second-order valence-electron chi connectivity index (χ2n) is 5.82. The number of benzene rings is 2. The first-order chi connectivity index (χ1) is 13.3. The Labute approximate surface area is 159 Å². The summed E-state index contributed by atoms with van der Waals surface area (Å²) in [5.41, 5.74) is 0.785. The van der Waals surface area contributed by atoms with Crippen LogP contribution in [0.25, 0.3) is 21.9 Å². The molecule has 4 rings (SSSR count). The van der Waals surface area contributed by atoms with Crippen molar-refractivity contribution in [1.29, 1.82) is 0 Å². The predicted molar refractivity (Wildman–Crippen MR) is 95.1 cm³/mol. The first kappa shape index (κ1) is 18.6. The number of hydrogen-bond acceptors (Lipinski definition) is 4. The highest BCUT2D eigenvalue weighted by Gasteiger charge is 2.35. The van der Waals surface area contributed by atoms with Crippen LogP contribution in [0, 0.1) is 0 Å². The first-order valence-corrected chi connectivity index (χ1v) is 9.04. The maximum absolute atomic E-state index is 13.5. The SMILES string of the molecule is FC(F)n1c(CSc2nc(C(F)(F)F)nc3ccccc23)nc2ccccc21. The minimum atomic E-state index is -4.71. The van der Waals surface area contributed by atoms with Gasteiger partial charge in [-0.2, -0.15) is 22.0 Å². The lowest BCUT2D eigenvalue weighted by atomic mass is 10.2. The topological polar surface area (TPSA) is 43.6 Å². The summed E-state index contributed by atoms with van der Waals surface area (Å²) in [6.45, 7) is -2.82. The van der Waals surface area contributed by atoms with Crippen LogP contribution in [0.1, 0.15) is 18.2 Å². The molecule has 0 fully saturated rings. The Morgan fingerprint density at radius 1 is 0.893 bits per heavy atom. The van der Waals surface area contributed by atoms with E-state index >= 15 is 0 Å². The molecule has 4 nitrogen and oxygen atoms in total. The average molecular weight is 410 g/mol. The minimum Gasteiger partial charge on any atom is -0.269 e. The van der Waals surface area contributed by atoms with Gasteiger partial charge in [0.05, 0.1) is 22.3 Å². The van der Waals surface area contributed by atoms with Crippen molar-refractivity contribution in [2.75, 3.05) is 0 Å². The third kappa shape index (κ3) is 3.39. The fourth-order valence-corrected chi connectivity index (χ4v) is 3.78. The predicted octanol–water partition coefficient (Wildman–Crippen LogP) is 5.69. The highest BCUT2D eigenvalue weighted by molar-refractivity contribution is 7.98. The van der Waals surface area contributed by atoms with Gasteiger partial charge >= 0.3 is 12.7 Å². The smallest absolute Gasteiger partial charge is 0.269 e. The van der Waals surface area contributed by atoms with E-state index in [0.29, 0.717) is 10.9 Å². The zero-order valence-corrected chi connectivity index (χ0v) is 14.8. The van der Waals surface area contributed by atoms with Crippen LogP contribution in [0.2, 0.25) is 0 Å². The van der Waals surface area contributed by atoms with Crippen LogP contribution in [0.4, 0.5) is 22.0 Å². The number of thioether (sulfide) groups is 1. The quantitative estimate of drug-likeness (QED) is 0.246. The van der Waals surface area contributed by atoms with Crippen molar-refractivity contribution in [2.24, 2.45) is 0 Å². The monoisotopic (exact) mass is 410 g/mol. The van der Waals surface area contributed by atoms with Crippen molar-refractivity contribution in [1.82, 2.24) is 19.5 Å². The summed E-state index contributed by atoms with van der Waals surface area (Å²) >= 11 is 0.912. The van der Waals surface area contributed by atoms with E-state index in [1.165, 1.54) is 12.1 Å². The van der Waals surface area contributed by atoms with Gasteiger partial charge in [-0.3, -0.25) is 4.57 Å². The molecule has 0 bridgehead atoms. The van der Waals surface area contributed by atoms with Crippen LogP contribution in [0.5, 0.6) is 0 Å². The fourth-order valence-electron chi connectivity index (χ4n) is 2.83. The molecule has 144 valence electrons. The molecule has 0 aliphatic rings.